The molecule has 2 heteroatoms. The molecule has 0 amide bonds. The lowest BCUT2D eigenvalue weighted by molar-refractivity contribution is -0.151. The molecule has 0 spiro atoms. The minimum Gasteiger partial charge on any atom is -0.462 e. The van der Waals surface area contributed by atoms with Crippen LogP contribution in [0.4, 0.5) is 0 Å². The molecule has 0 bridgehead atoms. The van der Waals surface area contributed by atoms with Gasteiger partial charge in [-0.25, -0.2) is 0 Å². The molecule has 0 aromatic carbocycles. The van der Waals surface area contributed by atoms with Gasteiger partial charge < -0.3 is 4.74 Å². The number of hydrogen-bond donors (Lipinski definition) is 0. The van der Waals surface area contributed by atoms with Crippen molar-refractivity contribution in [3.8, 4) is 0 Å². The first kappa shape index (κ1) is 15.5. The number of ether oxygens (including phenoxy) is 1. The van der Waals surface area contributed by atoms with E-state index in [2.05, 4.69) is 13.8 Å². The Morgan fingerprint density at radius 1 is 1.11 bits per heavy atom. The molecule has 18 heavy (non-hydrogen) atoms. The molecule has 1 rings (SSSR count). The lowest BCUT2D eigenvalue weighted by atomic mass is 9.95. The first-order valence-electron chi connectivity index (χ1n) is 7.93. The van der Waals surface area contributed by atoms with Gasteiger partial charge in [0, 0.05) is 6.42 Å². The van der Waals surface area contributed by atoms with E-state index in [4.69, 9.17) is 4.74 Å². The molecule has 1 atom stereocenters. The molecule has 2 nitrogen and oxygen atoms in total. The highest BCUT2D eigenvalue weighted by Crippen LogP contribution is 2.27. The molecule has 0 N–H and O–H groups in total. The fourth-order valence-electron chi connectivity index (χ4n) is 2.84. The van der Waals surface area contributed by atoms with Gasteiger partial charge in [-0.2, -0.15) is 0 Å². The second-order valence-corrected chi connectivity index (χ2v) is 5.76. The summed E-state index contributed by atoms with van der Waals surface area (Å²) in [6.45, 7) is 4.27. The molecule has 0 saturated heterocycles. The van der Waals surface area contributed by atoms with Gasteiger partial charge in [-0.1, -0.05) is 51.9 Å². The van der Waals surface area contributed by atoms with Gasteiger partial charge in [0.2, 0.25) is 0 Å². The SMILES string of the molecule is CCCCCCC(=O)OC(C)C1CCCCCC1. The molecule has 1 unspecified atom stereocenters. The van der Waals surface area contributed by atoms with Crippen LogP contribution in [0.2, 0.25) is 0 Å². The summed E-state index contributed by atoms with van der Waals surface area (Å²) in [5, 5.41) is 0. The van der Waals surface area contributed by atoms with E-state index < -0.39 is 0 Å². The van der Waals surface area contributed by atoms with Crippen molar-refractivity contribution in [1.29, 1.82) is 0 Å². The van der Waals surface area contributed by atoms with Crippen LogP contribution in [0, 0.1) is 5.92 Å². The summed E-state index contributed by atoms with van der Waals surface area (Å²) in [5.41, 5.74) is 0. The molecular formula is C16H30O2. The lowest BCUT2D eigenvalue weighted by Gasteiger charge is -2.22. The highest BCUT2D eigenvalue weighted by Gasteiger charge is 2.21. The van der Waals surface area contributed by atoms with Crippen LogP contribution in [-0.2, 0) is 9.53 Å². The fourth-order valence-corrected chi connectivity index (χ4v) is 2.84. The molecular weight excluding hydrogens is 224 g/mol. The first-order valence-corrected chi connectivity index (χ1v) is 7.93. The fraction of sp³-hybridized carbons (Fsp3) is 0.938. The Bertz CT molecular complexity index is 217. The third-order valence-corrected chi connectivity index (χ3v) is 4.12. The topological polar surface area (TPSA) is 26.3 Å². The van der Waals surface area contributed by atoms with Crippen LogP contribution in [-0.4, -0.2) is 12.1 Å². The number of hydrogen-bond acceptors (Lipinski definition) is 2. The van der Waals surface area contributed by atoms with Crippen LogP contribution in [0.3, 0.4) is 0 Å². The van der Waals surface area contributed by atoms with Crippen molar-refractivity contribution < 1.29 is 9.53 Å². The third-order valence-electron chi connectivity index (χ3n) is 4.12. The molecule has 1 aliphatic rings. The van der Waals surface area contributed by atoms with Gasteiger partial charge in [-0.3, -0.25) is 4.79 Å². The van der Waals surface area contributed by atoms with Crippen LogP contribution >= 0.6 is 0 Å². The predicted molar refractivity (Wildman–Crippen MR) is 75.5 cm³/mol. The molecule has 0 heterocycles. The summed E-state index contributed by atoms with van der Waals surface area (Å²) in [5.74, 6) is 0.620. The van der Waals surface area contributed by atoms with Crippen LogP contribution in [0.1, 0.15) is 84.5 Å². The Kier molecular flexibility index (Phi) is 8.11. The average molecular weight is 254 g/mol. The average Bonchev–Trinajstić information content (AvgIpc) is 2.63. The Morgan fingerprint density at radius 3 is 2.39 bits per heavy atom. The van der Waals surface area contributed by atoms with Crippen LogP contribution < -0.4 is 0 Å². The molecule has 1 fully saturated rings. The summed E-state index contributed by atoms with van der Waals surface area (Å²) in [6.07, 6.45) is 13.1. The van der Waals surface area contributed by atoms with Crippen molar-refractivity contribution in [2.45, 2.75) is 90.6 Å². The van der Waals surface area contributed by atoms with E-state index in [1.54, 1.807) is 0 Å². The van der Waals surface area contributed by atoms with Crippen molar-refractivity contribution >= 4 is 5.97 Å². The molecule has 1 saturated carbocycles. The number of carbonyl (C=O) groups is 1. The van der Waals surface area contributed by atoms with E-state index in [0.29, 0.717) is 12.3 Å². The Labute approximate surface area is 112 Å². The third kappa shape index (κ3) is 6.42. The predicted octanol–water partition coefficient (Wildman–Crippen LogP) is 4.86. The van der Waals surface area contributed by atoms with Crippen molar-refractivity contribution in [3.63, 3.8) is 0 Å². The molecule has 1 aliphatic carbocycles. The normalized spacial score (nSPS) is 19.2. The van der Waals surface area contributed by atoms with Crippen molar-refractivity contribution in [1.82, 2.24) is 0 Å². The van der Waals surface area contributed by atoms with Gasteiger partial charge in [0.25, 0.3) is 0 Å². The summed E-state index contributed by atoms with van der Waals surface area (Å²) in [6, 6.07) is 0. The van der Waals surface area contributed by atoms with E-state index in [-0.39, 0.29) is 12.1 Å². The standard InChI is InChI=1S/C16H30O2/c1-3-4-5-10-13-16(17)18-14(2)15-11-8-6-7-9-12-15/h14-15H,3-13H2,1-2H3. The summed E-state index contributed by atoms with van der Waals surface area (Å²) >= 11 is 0. The molecule has 0 aromatic heterocycles. The summed E-state index contributed by atoms with van der Waals surface area (Å²) in [4.78, 5) is 11.7. The van der Waals surface area contributed by atoms with Crippen LogP contribution in [0.5, 0.6) is 0 Å². The van der Waals surface area contributed by atoms with Crippen LogP contribution in [0.15, 0.2) is 0 Å². The Balaban J connectivity index is 2.16. The number of carbonyl (C=O) groups excluding carboxylic acids is 1. The minimum absolute atomic E-state index is 0.0165. The maximum Gasteiger partial charge on any atom is 0.306 e. The smallest absolute Gasteiger partial charge is 0.306 e. The number of esters is 1. The van der Waals surface area contributed by atoms with Gasteiger partial charge in [0.1, 0.15) is 6.10 Å². The molecule has 0 aromatic rings. The second-order valence-electron chi connectivity index (χ2n) is 5.76. The van der Waals surface area contributed by atoms with E-state index in [0.717, 1.165) is 12.8 Å². The zero-order chi connectivity index (χ0) is 13.2. The quantitative estimate of drug-likeness (QED) is 0.368. The summed E-state index contributed by atoms with van der Waals surface area (Å²) < 4.78 is 5.59. The lowest BCUT2D eigenvalue weighted by Crippen LogP contribution is -2.23. The molecule has 0 radical (unpaired) electrons. The van der Waals surface area contributed by atoms with Crippen molar-refractivity contribution in [2.24, 2.45) is 5.92 Å². The van der Waals surface area contributed by atoms with E-state index in [1.165, 1.54) is 51.4 Å². The van der Waals surface area contributed by atoms with Gasteiger partial charge in [0.15, 0.2) is 0 Å². The second kappa shape index (κ2) is 9.41. The van der Waals surface area contributed by atoms with Gasteiger partial charge >= 0.3 is 5.97 Å². The Morgan fingerprint density at radius 2 is 1.78 bits per heavy atom. The van der Waals surface area contributed by atoms with Crippen LogP contribution in [0.25, 0.3) is 0 Å². The molecule has 0 aliphatic heterocycles. The van der Waals surface area contributed by atoms with E-state index in [1.807, 2.05) is 0 Å². The van der Waals surface area contributed by atoms with Gasteiger partial charge in [-0.05, 0) is 32.1 Å². The zero-order valence-corrected chi connectivity index (χ0v) is 12.2. The largest absolute Gasteiger partial charge is 0.462 e. The number of unbranched alkanes of at least 4 members (excludes halogenated alkanes) is 3. The van der Waals surface area contributed by atoms with Gasteiger partial charge in [-0.15, -0.1) is 0 Å². The zero-order valence-electron chi connectivity index (χ0n) is 12.2. The van der Waals surface area contributed by atoms with Crippen molar-refractivity contribution in [2.75, 3.05) is 0 Å². The van der Waals surface area contributed by atoms with Crippen molar-refractivity contribution in [3.05, 3.63) is 0 Å². The monoisotopic (exact) mass is 254 g/mol. The van der Waals surface area contributed by atoms with E-state index >= 15 is 0 Å². The molecule has 106 valence electrons. The summed E-state index contributed by atoms with van der Waals surface area (Å²) in [7, 11) is 0. The highest BCUT2D eigenvalue weighted by molar-refractivity contribution is 5.69. The number of rotatable bonds is 7. The maximum atomic E-state index is 11.7. The first-order chi connectivity index (χ1) is 8.74. The maximum absolute atomic E-state index is 11.7. The van der Waals surface area contributed by atoms with E-state index in [9.17, 15) is 4.79 Å². The highest BCUT2D eigenvalue weighted by atomic mass is 16.5. The minimum atomic E-state index is 0.0165. The Hall–Kier alpha value is -0.530. The van der Waals surface area contributed by atoms with Gasteiger partial charge in [0.05, 0.1) is 0 Å².